The highest BCUT2D eigenvalue weighted by molar-refractivity contribution is 6.43. The Kier molecular flexibility index (Phi) is 3.87. The van der Waals surface area contributed by atoms with Gasteiger partial charge in [-0.05, 0) is 17.3 Å². The highest BCUT2D eigenvalue weighted by Crippen LogP contribution is 2.29. The number of esters is 1. The second-order valence-corrected chi connectivity index (χ2v) is 4.42. The summed E-state index contributed by atoms with van der Waals surface area (Å²) in [6, 6.07) is 2.77. The van der Waals surface area contributed by atoms with Crippen molar-refractivity contribution < 1.29 is 9.53 Å². The maximum absolute atomic E-state index is 11.8. The zero-order valence-electron chi connectivity index (χ0n) is 9.80. The van der Waals surface area contributed by atoms with Gasteiger partial charge in [-0.1, -0.05) is 23.2 Å². The van der Waals surface area contributed by atoms with Crippen molar-refractivity contribution in [3.63, 3.8) is 0 Å². The van der Waals surface area contributed by atoms with Crippen LogP contribution < -0.4 is 5.73 Å². The number of nitrogen functional groups attached to an aromatic ring is 1. The zero-order chi connectivity index (χ0) is 14.0. The van der Waals surface area contributed by atoms with Crippen LogP contribution in [0.1, 0.15) is 16.2 Å². The third-order valence-electron chi connectivity index (χ3n) is 2.17. The van der Waals surface area contributed by atoms with E-state index in [2.05, 4.69) is 15.4 Å². The van der Waals surface area contributed by atoms with E-state index < -0.39 is 5.97 Å². The first-order valence-corrected chi connectivity index (χ1v) is 5.87. The van der Waals surface area contributed by atoms with E-state index in [1.807, 2.05) is 0 Å². The van der Waals surface area contributed by atoms with Crippen LogP contribution in [0.5, 0.6) is 0 Å². The van der Waals surface area contributed by atoms with Gasteiger partial charge in [-0.3, -0.25) is 0 Å². The first-order chi connectivity index (χ1) is 8.97. The Morgan fingerprint density at radius 1 is 1.47 bits per heavy atom. The van der Waals surface area contributed by atoms with Gasteiger partial charge in [-0.2, -0.15) is 4.80 Å². The largest absolute Gasteiger partial charge is 0.454 e. The molecule has 0 aliphatic heterocycles. The molecule has 1 heterocycles. The van der Waals surface area contributed by atoms with Crippen LogP contribution in [-0.2, 0) is 18.4 Å². The Bertz CT molecular complexity index is 605. The molecule has 1 aromatic heterocycles. The van der Waals surface area contributed by atoms with Gasteiger partial charge in [0.15, 0.2) is 6.61 Å². The highest BCUT2D eigenvalue weighted by Gasteiger charge is 2.13. The molecule has 0 bridgehead atoms. The number of nitrogens with two attached hydrogens (primary N) is 1. The molecule has 9 heteroatoms. The van der Waals surface area contributed by atoms with Crippen LogP contribution in [0.15, 0.2) is 12.1 Å². The van der Waals surface area contributed by atoms with Gasteiger partial charge >= 0.3 is 5.97 Å². The molecule has 0 aliphatic carbocycles. The number of carbonyl (C=O) groups is 1. The van der Waals surface area contributed by atoms with Gasteiger partial charge in [0.05, 0.1) is 28.3 Å². The molecule has 2 rings (SSSR count). The van der Waals surface area contributed by atoms with Crippen molar-refractivity contribution in [1.82, 2.24) is 20.2 Å². The average molecular weight is 302 g/mol. The number of aryl methyl sites for hydroxylation is 1. The van der Waals surface area contributed by atoms with Crippen molar-refractivity contribution in [3.05, 3.63) is 33.6 Å². The lowest BCUT2D eigenvalue weighted by molar-refractivity contribution is 0.0462. The molecular formula is C10H9Cl2N5O2. The Morgan fingerprint density at radius 3 is 2.79 bits per heavy atom. The number of anilines is 1. The van der Waals surface area contributed by atoms with E-state index in [0.29, 0.717) is 5.82 Å². The fourth-order valence-corrected chi connectivity index (χ4v) is 1.66. The third-order valence-corrected chi connectivity index (χ3v) is 2.99. The molecular weight excluding hydrogens is 293 g/mol. The number of carbonyl (C=O) groups excluding carboxylic acids is 1. The molecule has 2 aromatic rings. The fourth-order valence-electron chi connectivity index (χ4n) is 1.32. The molecule has 0 amide bonds. The first kappa shape index (κ1) is 13.6. The van der Waals surface area contributed by atoms with Crippen LogP contribution >= 0.6 is 23.2 Å². The molecule has 0 fully saturated rings. The summed E-state index contributed by atoms with van der Waals surface area (Å²) in [5, 5.41) is 11.6. The van der Waals surface area contributed by atoms with E-state index in [-0.39, 0.29) is 27.9 Å². The Morgan fingerprint density at radius 2 is 2.21 bits per heavy atom. The van der Waals surface area contributed by atoms with Crippen molar-refractivity contribution in [2.75, 3.05) is 5.73 Å². The van der Waals surface area contributed by atoms with Crippen molar-refractivity contribution in [2.45, 2.75) is 6.61 Å². The van der Waals surface area contributed by atoms with Crippen molar-refractivity contribution in [1.29, 1.82) is 0 Å². The third kappa shape index (κ3) is 3.12. The first-order valence-electron chi connectivity index (χ1n) is 5.12. The van der Waals surface area contributed by atoms with Crippen molar-refractivity contribution in [3.8, 4) is 0 Å². The van der Waals surface area contributed by atoms with Gasteiger partial charge in [0, 0.05) is 0 Å². The molecule has 2 N–H and O–H groups in total. The van der Waals surface area contributed by atoms with Gasteiger partial charge in [0.1, 0.15) is 0 Å². The number of rotatable bonds is 3. The predicted molar refractivity (Wildman–Crippen MR) is 68.8 cm³/mol. The van der Waals surface area contributed by atoms with Gasteiger partial charge in [-0.25, -0.2) is 4.79 Å². The van der Waals surface area contributed by atoms with Gasteiger partial charge in [0.25, 0.3) is 0 Å². The van der Waals surface area contributed by atoms with E-state index in [4.69, 9.17) is 33.7 Å². The molecule has 0 aliphatic rings. The number of aromatic nitrogens is 4. The number of ether oxygens (including phenoxy) is 1. The SMILES string of the molecule is Cn1nnc(COC(=O)c2cc(N)c(Cl)c(Cl)c2)n1. The lowest BCUT2D eigenvalue weighted by Crippen LogP contribution is -2.07. The van der Waals surface area contributed by atoms with Gasteiger partial charge in [0.2, 0.25) is 5.82 Å². The minimum atomic E-state index is -0.599. The molecule has 0 unspecified atom stereocenters. The molecule has 100 valence electrons. The van der Waals surface area contributed by atoms with E-state index in [1.54, 1.807) is 7.05 Å². The molecule has 7 nitrogen and oxygen atoms in total. The number of tetrazole rings is 1. The van der Waals surface area contributed by atoms with Crippen LogP contribution in [0.2, 0.25) is 10.0 Å². The van der Waals surface area contributed by atoms with Crippen molar-refractivity contribution >= 4 is 34.9 Å². The van der Waals surface area contributed by atoms with E-state index >= 15 is 0 Å². The second kappa shape index (κ2) is 5.41. The van der Waals surface area contributed by atoms with E-state index in [0.717, 1.165) is 0 Å². The summed E-state index contributed by atoms with van der Waals surface area (Å²) in [6.07, 6.45) is 0. The number of hydrogen-bond donors (Lipinski definition) is 1. The topological polar surface area (TPSA) is 95.9 Å². The quantitative estimate of drug-likeness (QED) is 0.681. The van der Waals surface area contributed by atoms with Crippen LogP contribution in [0, 0.1) is 0 Å². The molecule has 19 heavy (non-hydrogen) atoms. The number of nitrogens with zero attached hydrogens (tertiary/aromatic N) is 4. The number of halogens is 2. The van der Waals surface area contributed by atoms with Gasteiger partial charge in [-0.15, -0.1) is 10.2 Å². The van der Waals surface area contributed by atoms with Gasteiger partial charge < -0.3 is 10.5 Å². The Hall–Kier alpha value is -1.86. The van der Waals surface area contributed by atoms with Crippen LogP contribution in [0.3, 0.4) is 0 Å². The van der Waals surface area contributed by atoms with Crippen LogP contribution in [0.4, 0.5) is 5.69 Å². The summed E-state index contributed by atoms with van der Waals surface area (Å²) in [5.41, 5.74) is 6.02. The lowest BCUT2D eigenvalue weighted by Gasteiger charge is -2.06. The monoisotopic (exact) mass is 301 g/mol. The Balaban J connectivity index is 2.08. The fraction of sp³-hybridized carbons (Fsp3) is 0.200. The molecule has 0 saturated heterocycles. The molecule has 0 radical (unpaired) electrons. The van der Waals surface area contributed by atoms with E-state index in [1.165, 1.54) is 16.9 Å². The molecule has 0 spiro atoms. The number of hydrogen-bond acceptors (Lipinski definition) is 6. The average Bonchev–Trinajstić information content (AvgIpc) is 2.78. The minimum Gasteiger partial charge on any atom is -0.454 e. The highest BCUT2D eigenvalue weighted by atomic mass is 35.5. The second-order valence-electron chi connectivity index (χ2n) is 3.63. The predicted octanol–water partition coefficient (Wildman–Crippen LogP) is 1.46. The lowest BCUT2D eigenvalue weighted by atomic mass is 10.2. The van der Waals surface area contributed by atoms with Crippen molar-refractivity contribution in [2.24, 2.45) is 7.05 Å². The Labute approximate surface area is 118 Å². The molecule has 0 atom stereocenters. The summed E-state index contributed by atoms with van der Waals surface area (Å²) in [6.45, 7) is -0.0905. The summed E-state index contributed by atoms with van der Waals surface area (Å²) in [5.74, 6) is -0.304. The maximum atomic E-state index is 11.8. The number of benzene rings is 1. The van der Waals surface area contributed by atoms with Crippen LogP contribution in [0.25, 0.3) is 0 Å². The molecule has 0 saturated carbocycles. The smallest absolute Gasteiger partial charge is 0.338 e. The van der Waals surface area contributed by atoms with E-state index in [9.17, 15) is 4.79 Å². The summed E-state index contributed by atoms with van der Waals surface area (Å²) in [4.78, 5) is 13.0. The maximum Gasteiger partial charge on any atom is 0.338 e. The molecule has 1 aromatic carbocycles. The zero-order valence-corrected chi connectivity index (χ0v) is 11.3. The minimum absolute atomic E-state index is 0.0905. The summed E-state index contributed by atoms with van der Waals surface area (Å²) >= 11 is 11.6. The normalized spacial score (nSPS) is 10.5. The van der Waals surface area contributed by atoms with Crippen LogP contribution in [-0.4, -0.2) is 26.2 Å². The summed E-state index contributed by atoms with van der Waals surface area (Å²) in [7, 11) is 1.61. The standard InChI is InChI=1S/C10H9Cl2N5O2/c1-17-15-8(14-16-17)4-19-10(18)5-2-6(11)9(12)7(13)3-5/h2-3H,4,13H2,1H3. The summed E-state index contributed by atoms with van der Waals surface area (Å²) < 4.78 is 5.00.